The molecular formula is C10H19NO. The first-order chi connectivity index (χ1) is 5.83. The van der Waals surface area contributed by atoms with Crippen molar-refractivity contribution in [2.24, 2.45) is 5.16 Å². The van der Waals surface area contributed by atoms with E-state index in [1.54, 1.807) is 0 Å². The summed E-state index contributed by atoms with van der Waals surface area (Å²) in [5.74, 6) is 0. The molecular weight excluding hydrogens is 150 g/mol. The first kappa shape index (κ1) is 9.56. The van der Waals surface area contributed by atoms with Crippen molar-refractivity contribution in [1.82, 2.24) is 0 Å². The highest BCUT2D eigenvalue weighted by Crippen LogP contribution is 2.15. The summed E-state index contributed by atoms with van der Waals surface area (Å²) in [7, 11) is 0. The fraction of sp³-hybridized carbons (Fsp3) is 0.900. The van der Waals surface area contributed by atoms with E-state index in [4.69, 9.17) is 4.84 Å². The molecule has 1 saturated carbocycles. The molecule has 1 unspecified atom stereocenters. The van der Waals surface area contributed by atoms with Crippen molar-refractivity contribution in [3.63, 3.8) is 0 Å². The van der Waals surface area contributed by atoms with Gasteiger partial charge < -0.3 is 4.84 Å². The Labute approximate surface area is 75.0 Å². The molecule has 12 heavy (non-hydrogen) atoms. The summed E-state index contributed by atoms with van der Waals surface area (Å²) in [6.45, 7) is 4.18. The third-order valence-electron chi connectivity index (χ3n) is 2.37. The topological polar surface area (TPSA) is 21.6 Å². The second-order valence-corrected chi connectivity index (χ2v) is 3.54. The third kappa shape index (κ3) is 3.24. The zero-order valence-electron chi connectivity index (χ0n) is 8.18. The number of rotatable bonds is 3. The summed E-state index contributed by atoms with van der Waals surface area (Å²) >= 11 is 0. The molecule has 0 spiro atoms. The Hall–Kier alpha value is -0.530. The molecule has 1 rings (SSSR count). The summed E-state index contributed by atoms with van der Waals surface area (Å²) in [6.07, 6.45) is 7.57. The molecule has 1 aliphatic rings. The number of oxime groups is 1. The zero-order valence-corrected chi connectivity index (χ0v) is 8.18. The van der Waals surface area contributed by atoms with Crippen molar-refractivity contribution in [3.8, 4) is 0 Å². The second kappa shape index (κ2) is 5.18. The average Bonchev–Trinajstić information content (AvgIpc) is 2.16. The lowest BCUT2D eigenvalue weighted by Crippen LogP contribution is -2.08. The monoisotopic (exact) mass is 169 g/mol. The molecule has 0 N–H and O–H groups in total. The molecule has 1 fully saturated rings. The van der Waals surface area contributed by atoms with Gasteiger partial charge >= 0.3 is 0 Å². The van der Waals surface area contributed by atoms with E-state index in [1.165, 1.54) is 25.0 Å². The van der Waals surface area contributed by atoms with Crippen molar-refractivity contribution in [2.45, 2.75) is 58.5 Å². The summed E-state index contributed by atoms with van der Waals surface area (Å²) in [5.41, 5.74) is 1.27. The van der Waals surface area contributed by atoms with Crippen molar-refractivity contribution < 1.29 is 4.84 Å². The standard InChI is InChI=1S/C10H19NO/c1-3-9(2)12-11-10-7-5-4-6-8-10/h9H,3-8H2,1-2H3. The Bertz CT molecular complexity index is 146. The predicted octanol–water partition coefficient (Wildman–Crippen LogP) is 3.12. The maximum absolute atomic E-state index is 5.32. The maximum Gasteiger partial charge on any atom is 0.124 e. The van der Waals surface area contributed by atoms with Gasteiger partial charge in [-0.15, -0.1) is 0 Å². The molecule has 0 aromatic heterocycles. The first-order valence-corrected chi connectivity index (χ1v) is 5.04. The number of hydrogen-bond donors (Lipinski definition) is 0. The summed E-state index contributed by atoms with van der Waals surface area (Å²) in [5, 5.41) is 4.17. The predicted molar refractivity (Wildman–Crippen MR) is 51.4 cm³/mol. The van der Waals surface area contributed by atoms with Crippen LogP contribution in [0.15, 0.2) is 5.16 Å². The number of nitrogens with zero attached hydrogens (tertiary/aromatic N) is 1. The maximum atomic E-state index is 5.32. The zero-order chi connectivity index (χ0) is 8.81. The highest BCUT2D eigenvalue weighted by atomic mass is 16.6. The van der Waals surface area contributed by atoms with Gasteiger partial charge in [0, 0.05) is 0 Å². The van der Waals surface area contributed by atoms with E-state index in [9.17, 15) is 0 Å². The van der Waals surface area contributed by atoms with Crippen molar-refractivity contribution in [2.75, 3.05) is 0 Å². The van der Waals surface area contributed by atoms with Crippen LogP contribution in [0.5, 0.6) is 0 Å². The quantitative estimate of drug-likeness (QED) is 0.595. The van der Waals surface area contributed by atoms with Crippen LogP contribution in [0, 0.1) is 0 Å². The lowest BCUT2D eigenvalue weighted by atomic mass is 9.99. The summed E-state index contributed by atoms with van der Waals surface area (Å²) in [6, 6.07) is 0. The smallest absolute Gasteiger partial charge is 0.124 e. The van der Waals surface area contributed by atoms with Crippen LogP contribution in [0.1, 0.15) is 52.4 Å². The minimum atomic E-state index is 0.277. The molecule has 0 heterocycles. The Balaban J connectivity index is 2.24. The highest BCUT2D eigenvalue weighted by molar-refractivity contribution is 5.84. The molecule has 1 aliphatic carbocycles. The molecule has 0 radical (unpaired) electrons. The molecule has 2 heteroatoms. The minimum Gasteiger partial charge on any atom is -0.393 e. The molecule has 2 nitrogen and oxygen atoms in total. The van der Waals surface area contributed by atoms with Crippen LogP contribution >= 0.6 is 0 Å². The van der Waals surface area contributed by atoms with Crippen molar-refractivity contribution in [3.05, 3.63) is 0 Å². The summed E-state index contributed by atoms with van der Waals surface area (Å²) in [4.78, 5) is 5.32. The van der Waals surface area contributed by atoms with Crippen molar-refractivity contribution in [1.29, 1.82) is 0 Å². The summed E-state index contributed by atoms with van der Waals surface area (Å²) < 4.78 is 0. The second-order valence-electron chi connectivity index (χ2n) is 3.54. The van der Waals surface area contributed by atoms with Gasteiger partial charge in [0.15, 0.2) is 0 Å². The van der Waals surface area contributed by atoms with E-state index in [0.717, 1.165) is 19.3 Å². The minimum absolute atomic E-state index is 0.277. The van der Waals surface area contributed by atoms with E-state index in [1.807, 2.05) is 0 Å². The van der Waals surface area contributed by atoms with Crippen LogP contribution in [0.4, 0.5) is 0 Å². The average molecular weight is 169 g/mol. The van der Waals surface area contributed by atoms with Gasteiger partial charge in [-0.3, -0.25) is 0 Å². The molecule has 0 aromatic rings. The Kier molecular flexibility index (Phi) is 4.12. The largest absolute Gasteiger partial charge is 0.393 e. The highest BCUT2D eigenvalue weighted by Gasteiger charge is 2.07. The van der Waals surface area contributed by atoms with Crippen LogP contribution in [-0.2, 0) is 4.84 Å². The van der Waals surface area contributed by atoms with Crippen LogP contribution in [0.2, 0.25) is 0 Å². The number of hydrogen-bond acceptors (Lipinski definition) is 2. The molecule has 1 atom stereocenters. The van der Waals surface area contributed by atoms with Gasteiger partial charge in [0.05, 0.1) is 5.71 Å². The van der Waals surface area contributed by atoms with E-state index in [0.29, 0.717) is 0 Å². The van der Waals surface area contributed by atoms with E-state index < -0.39 is 0 Å². The Morgan fingerprint density at radius 1 is 1.33 bits per heavy atom. The van der Waals surface area contributed by atoms with Gasteiger partial charge in [0.25, 0.3) is 0 Å². The van der Waals surface area contributed by atoms with Crippen molar-refractivity contribution >= 4 is 5.71 Å². The molecule has 0 aliphatic heterocycles. The van der Waals surface area contributed by atoms with E-state index in [2.05, 4.69) is 19.0 Å². The van der Waals surface area contributed by atoms with Crippen LogP contribution in [0.3, 0.4) is 0 Å². The van der Waals surface area contributed by atoms with Gasteiger partial charge in [-0.05, 0) is 39.0 Å². The fourth-order valence-electron chi connectivity index (χ4n) is 1.29. The van der Waals surface area contributed by atoms with Crippen LogP contribution < -0.4 is 0 Å². The molecule has 0 bridgehead atoms. The van der Waals surface area contributed by atoms with Gasteiger partial charge in [0.1, 0.15) is 6.10 Å². The van der Waals surface area contributed by atoms with E-state index in [-0.39, 0.29) is 6.10 Å². The molecule has 0 amide bonds. The van der Waals surface area contributed by atoms with Gasteiger partial charge in [-0.1, -0.05) is 18.5 Å². The molecule has 0 saturated heterocycles. The molecule has 70 valence electrons. The van der Waals surface area contributed by atoms with Gasteiger partial charge in [-0.25, -0.2) is 0 Å². The third-order valence-corrected chi connectivity index (χ3v) is 2.37. The first-order valence-electron chi connectivity index (χ1n) is 5.04. The van der Waals surface area contributed by atoms with Gasteiger partial charge in [-0.2, -0.15) is 0 Å². The Morgan fingerprint density at radius 3 is 2.58 bits per heavy atom. The van der Waals surface area contributed by atoms with Crippen LogP contribution in [-0.4, -0.2) is 11.8 Å². The Morgan fingerprint density at radius 2 is 2.00 bits per heavy atom. The SMILES string of the molecule is CCC(C)ON=C1CCCCC1. The lowest BCUT2D eigenvalue weighted by Gasteiger charge is -2.13. The fourth-order valence-corrected chi connectivity index (χ4v) is 1.29. The lowest BCUT2D eigenvalue weighted by molar-refractivity contribution is 0.0686. The van der Waals surface area contributed by atoms with E-state index >= 15 is 0 Å². The normalized spacial score (nSPS) is 20.3. The van der Waals surface area contributed by atoms with Crippen LogP contribution in [0.25, 0.3) is 0 Å². The van der Waals surface area contributed by atoms with Gasteiger partial charge in [0.2, 0.25) is 0 Å². The molecule has 0 aromatic carbocycles.